The van der Waals surface area contributed by atoms with Crippen molar-refractivity contribution in [2.75, 3.05) is 6.54 Å². The Balaban J connectivity index is 2.12. The first-order valence-electron chi connectivity index (χ1n) is 6.58. The number of benzene rings is 1. The van der Waals surface area contributed by atoms with Crippen molar-refractivity contribution in [1.82, 2.24) is 5.32 Å². The highest BCUT2D eigenvalue weighted by Crippen LogP contribution is 2.30. The van der Waals surface area contributed by atoms with E-state index in [2.05, 4.69) is 36.5 Å². The largest absolute Gasteiger partial charge is 0.463 e. The number of ether oxygens (including phenoxy) is 1. The van der Waals surface area contributed by atoms with E-state index in [1.807, 2.05) is 13.8 Å². The van der Waals surface area contributed by atoms with E-state index in [9.17, 15) is 4.79 Å². The molecule has 1 saturated heterocycles. The fourth-order valence-corrected chi connectivity index (χ4v) is 2.40. The number of rotatable bonds is 3. The first-order valence-corrected chi connectivity index (χ1v) is 6.58. The molecule has 0 amide bonds. The van der Waals surface area contributed by atoms with E-state index in [0.717, 1.165) is 13.0 Å². The number of carbonyl (C=O) groups is 1. The van der Waals surface area contributed by atoms with Crippen LogP contribution in [0.15, 0.2) is 24.3 Å². The lowest BCUT2D eigenvalue weighted by molar-refractivity contribution is -0.152. The molecule has 1 fully saturated rings. The van der Waals surface area contributed by atoms with Gasteiger partial charge in [-0.2, -0.15) is 0 Å². The van der Waals surface area contributed by atoms with Gasteiger partial charge in [0.1, 0.15) is 0 Å². The molecule has 98 valence electrons. The number of aryl methyl sites for hydroxylation is 1. The maximum Gasteiger partial charge on any atom is 0.311 e. The SMILES string of the molecule is Cc1ccc(C2NCCC2C(=O)OC(C)C)cc1. The van der Waals surface area contributed by atoms with E-state index >= 15 is 0 Å². The summed E-state index contributed by atoms with van der Waals surface area (Å²) in [5.41, 5.74) is 2.40. The average molecular weight is 247 g/mol. The highest BCUT2D eigenvalue weighted by molar-refractivity contribution is 5.74. The molecular formula is C15H21NO2. The molecule has 0 bridgehead atoms. The van der Waals surface area contributed by atoms with Crippen LogP contribution in [0.1, 0.15) is 37.4 Å². The average Bonchev–Trinajstić information content (AvgIpc) is 2.78. The fraction of sp³-hybridized carbons (Fsp3) is 0.533. The molecule has 1 aliphatic heterocycles. The Morgan fingerprint density at radius 2 is 2.00 bits per heavy atom. The summed E-state index contributed by atoms with van der Waals surface area (Å²) in [6, 6.07) is 8.44. The van der Waals surface area contributed by atoms with E-state index in [0.29, 0.717) is 0 Å². The van der Waals surface area contributed by atoms with Crippen LogP contribution in [0.3, 0.4) is 0 Å². The molecule has 0 saturated carbocycles. The van der Waals surface area contributed by atoms with Gasteiger partial charge in [-0.25, -0.2) is 0 Å². The van der Waals surface area contributed by atoms with Crippen LogP contribution in [0.4, 0.5) is 0 Å². The molecule has 0 radical (unpaired) electrons. The number of esters is 1. The molecule has 1 N–H and O–H groups in total. The Morgan fingerprint density at radius 1 is 1.33 bits per heavy atom. The van der Waals surface area contributed by atoms with Crippen molar-refractivity contribution >= 4 is 5.97 Å². The molecule has 3 heteroatoms. The minimum absolute atomic E-state index is 0.0447. The first kappa shape index (κ1) is 13.1. The zero-order valence-corrected chi connectivity index (χ0v) is 11.3. The lowest BCUT2D eigenvalue weighted by atomic mass is 9.94. The van der Waals surface area contributed by atoms with Gasteiger partial charge in [0.05, 0.1) is 12.0 Å². The van der Waals surface area contributed by atoms with Crippen LogP contribution in [0.25, 0.3) is 0 Å². The standard InChI is InChI=1S/C15H21NO2/c1-10(2)18-15(17)13-8-9-16-14(13)12-6-4-11(3)5-7-12/h4-7,10,13-14,16H,8-9H2,1-3H3. The van der Waals surface area contributed by atoms with Crippen molar-refractivity contribution in [2.45, 2.75) is 39.3 Å². The van der Waals surface area contributed by atoms with Crippen molar-refractivity contribution in [3.63, 3.8) is 0 Å². The molecule has 2 unspecified atom stereocenters. The van der Waals surface area contributed by atoms with E-state index < -0.39 is 0 Å². The molecular weight excluding hydrogens is 226 g/mol. The van der Waals surface area contributed by atoms with Crippen molar-refractivity contribution < 1.29 is 9.53 Å². The van der Waals surface area contributed by atoms with E-state index in [4.69, 9.17) is 4.74 Å². The minimum atomic E-state index is -0.0828. The van der Waals surface area contributed by atoms with E-state index in [1.54, 1.807) is 0 Å². The first-order chi connectivity index (χ1) is 8.58. The molecule has 0 spiro atoms. The zero-order valence-electron chi connectivity index (χ0n) is 11.3. The molecule has 1 heterocycles. The number of carbonyl (C=O) groups excluding carboxylic acids is 1. The summed E-state index contributed by atoms with van der Waals surface area (Å²) in [5, 5.41) is 3.40. The highest BCUT2D eigenvalue weighted by Gasteiger charge is 2.35. The molecule has 2 rings (SSSR count). The summed E-state index contributed by atoms with van der Waals surface area (Å²) in [6.45, 7) is 6.72. The van der Waals surface area contributed by atoms with Crippen molar-refractivity contribution in [3.8, 4) is 0 Å². The maximum atomic E-state index is 12.0. The van der Waals surface area contributed by atoms with Gasteiger partial charge >= 0.3 is 5.97 Å². The Bertz CT molecular complexity index is 411. The van der Waals surface area contributed by atoms with Gasteiger partial charge in [-0.05, 0) is 39.3 Å². The van der Waals surface area contributed by atoms with Crippen LogP contribution < -0.4 is 5.32 Å². The molecule has 0 aromatic heterocycles. The molecule has 1 aromatic rings. The van der Waals surface area contributed by atoms with Crippen molar-refractivity contribution in [1.29, 1.82) is 0 Å². The molecule has 3 nitrogen and oxygen atoms in total. The van der Waals surface area contributed by atoms with Crippen LogP contribution in [0, 0.1) is 12.8 Å². The van der Waals surface area contributed by atoms with Gasteiger partial charge in [0.2, 0.25) is 0 Å². The van der Waals surface area contributed by atoms with Crippen LogP contribution in [0.2, 0.25) is 0 Å². The topological polar surface area (TPSA) is 38.3 Å². The van der Waals surface area contributed by atoms with Gasteiger partial charge < -0.3 is 10.1 Å². The third-order valence-electron chi connectivity index (χ3n) is 3.31. The summed E-state index contributed by atoms with van der Waals surface area (Å²) >= 11 is 0. The third kappa shape index (κ3) is 2.91. The molecule has 0 aliphatic carbocycles. The van der Waals surface area contributed by atoms with Gasteiger partial charge in [0, 0.05) is 6.04 Å². The zero-order chi connectivity index (χ0) is 13.1. The molecule has 1 aliphatic rings. The van der Waals surface area contributed by atoms with Crippen molar-refractivity contribution in [3.05, 3.63) is 35.4 Å². The number of hydrogen-bond acceptors (Lipinski definition) is 3. The summed E-state index contributed by atoms with van der Waals surface area (Å²) in [6.07, 6.45) is 0.807. The number of nitrogens with one attached hydrogen (secondary N) is 1. The fourth-order valence-electron chi connectivity index (χ4n) is 2.40. The smallest absolute Gasteiger partial charge is 0.311 e. The van der Waals surface area contributed by atoms with Crippen LogP contribution in [-0.2, 0) is 9.53 Å². The lowest BCUT2D eigenvalue weighted by Crippen LogP contribution is -2.27. The summed E-state index contributed by atoms with van der Waals surface area (Å²) in [5.74, 6) is -0.143. The van der Waals surface area contributed by atoms with Gasteiger partial charge in [-0.1, -0.05) is 29.8 Å². The van der Waals surface area contributed by atoms with Crippen molar-refractivity contribution in [2.24, 2.45) is 5.92 Å². The van der Waals surface area contributed by atoms with Gasteiger partial charge in [0.25, 0.3) is 0 Å². The van der Waals surface area contributed by atoms with Gasteiger partial charge in [-0.15, -0.1) is 0 Å². The van der Waals surface area contributed by atoms with E-state index in [-0.39, 0.29) is 24.0 Å². The Labute approximate surface area is 109 Å². The lowest BCUT2D eigenvalue weighted by Gasteiger charge is -2.20. The van der Waals surface area contributed by atoms with Crippen LogP contribution >= 0.6 is 0 Å². The second-order valence-electron chi connectivity index (χ2n) is 5.22. The number of hydrogen-bond donors (Lipinski definition) is 1. The second-order valence-corrected chi connectivity index (χ2v) is 5.22. The van der Waals surface area contributed by atoms with E-state index in [1.165, 1.54) is 11.1 Å². The Morgan fingerprint density at radius 3 is 2.61 bits per heavy atom. The monoisotopic (exact) mass is 247 g/mol. The Kier molecular flexibility index (Phi) is 4.02. The molecule has 1 aromatic carbocycles. The quantitative estimate of drug-likeness (QED) is 0.834. The summed E-state index contributed by atoms with van der Waals surface area (Å²) in [4.78, 5) is 12.0. The normalized spacial score (nSPS) is 23.3. The maximum absolute atomic E-state index is 12.0. The molecule has 2 atom stereocenters. The van der Waals surface area contributed by atoms with Crippen LogP contribution in [-0.4, -0.2) is 18.6 Å². The predicted molar refractivity (Wildman–Crippen MR) is 71.3 cm³/mol. The third-order valence-corrected chi connectivity index (χ3v) is 3.31. The Hall–Kier alpha value is -1.35. The van der Waals surface area contributed by atoms with Crippen LogP contribution in [0.5, 0.6) is 0 Å². The molecule has 18 heavy (non-hydrogen) atoms. The van der Waals surface area contributed by atoms with Gasteiger partial charge in [-0.3, -0.25) is 4.79 Å². The van der Waals surface area contributed by atoms with Gasteiger partial charge in [0.15, 0.2) is 0 Å². The second kappa shape index (κ2) is 5.53. The minimum Gasteiger partial charge on any atom is -0.463 e. The summed E-state index contributed by atoms with van der Waals surface area (Å²) < 4.78 is 5.33. The highest BCUT2D eigenvalue weighted by atomic mass is 16.5. The summed E-state index contributed by atoms with van der Waals surface area (Å²) in [7, 11) is 0. The predicted octanol–water partition coefficient (Wildman–Crippen LogP) is 2.60.